The lowest BCUT2D eigenvalue weighted by Gasteiger charge is -2.29. The summed E-state index contributed by atoms with van der Waals surface area (Å²) in [4.78, 5) is 0. The topological polar surface area (TPSA) is 18.5 Å². The quantitative estimate of drug-likeness (QED) is 0.233. The molecule has 200 valence electrons. The third-order valence-corrected chi connectivity index (χ3v) is 7.99. The molecule has 0 atom stereocenters. The molecule has 2 aromatic rings. The molecule has 2 saturated carbocycles. The van der Waals surface area contributed by atoms with Crippen molar-refractivity contribution in [2.24, 2.45) is 5.92 Å². The van der Waals surface area contributed by atoms with Gasteiger partial charge in [-0.25, -0.2) is 13.2 Å². The summed E-state index contributed by atoms with van der Waals surface area (Å²) < 4.78 is 55.5. The van der Waals surface area contributed by atoms with Crippen molar-refractivity contribution in [3.8, 4) is 5.75 Å². The van der Waals surface area contributed by atoms with Gasteiger partial charge in [-0.1, -0.05) is 36.4 Å². The van der Waals surface area contributed by atoms with Gasteiger partial charge in [0.2, 0.25) is 0 Å². The fraction of sp³-hybridized carbons (Fsp3) is 0.500. The lowest BCUT2D eigenvalue weighted by atomic mass is 9.78. The monoisotopic (exact) mass is 512 g/mol. The van der Waals surface area contributed by atoms with Crippen molar-refractivity contribution in [1.29, 1.82) is 0 Å². The van der Waals surface area contributed by atoms with Crippen LogP contribution in [0.4, 0.5) is 13.2 Å². The van der Waals surface area contributed by atoms with Crippen LogP contribution >= 0.6 is 0 Å². The lowest BCUT2D eigenvalue weighted by molar-refractivity contribution is 0.0325. The molecule has 0 unspecified atom stereocenters. The molecule has 0 aromatic heterocycles. The molecule has 2 aliphatic carbocycles. The molecule has 0 heterocycles. The Labute approximate surface area is 219 Å². The zero-order valence-electron chi connectivity index (χ0n) is 21.9. The van der Waals surface area contributed by atoms with Gasteiger partial charge in [0.1, 0.15) is 0 Å². The van der Waals surface area contributed by atoms with Crippen LogP contribution in [0.5, 0.6) is 5.75 Å². The molecule has 2 nitrogen and oxygen atoms in total. The Morgan fingerprint density at radius 3 is 2.30 bits per heavy atom. The molecular weight excluding hydrogens is 473 g/mol. The van der Waals surface area contributed by atoms with Gasteiger partial charge >= 0.3 is 0 Å². The van der Waals surface area contributed by atoms with Crippen LogP contribution in [0, 0.1) is 23.4 Å². The highest BCUT2D eigenvalue weighted by Crippen LogP contribution is 2.39. The maximum atomic E-state index is 15.0. The molecule has 2 aliphatic rings. The predicted octanol–water partition coefficient (Wildman–Crippen LogP) is 9.11. The van der Waals surface area contributed by atoms with Crippen LogP contribution in [0.1, 0.15) is 93.2 Å². The summed E-state index contributed by atoms with van der Waals surface area (Å²) >= 11 is 0. The maximum absolute atomic E-state index is 15.0. The summed E-state index contributed by atoms with van der Waals surface area (Å²) in [7, 11) is 0. The van der Waals surface area contributed by atoms with E-state index in [9.17, 15) is 13.2 Å². The second-order valence-corrected chi connectivity index (χ2v) is 10.4. The molecule has 5 heteroatoms. The summed E-state index contributed by atoms with van der Waals surface area (Å²) in [5, 5.41) is 0. The van der Waals surface area contributed by atoms with Gasteiger partial charge < -0.3 is 9.47 Å². The molecular formula is C32H39F3O2. The van der Waals surface area contributed by atoms with Crippen molar-refractivity contribution >= 4 is 6.08 Å². The van der Waals surface area contributed by atoms with Crippen molar-refractivity contribution < 1.29 is 22.6 Å². The van der Waals surface area contributed by atoms with Gasteiger partial charge in [-0.05, 0) is 106 Å². The minimum Gasteiger partial charge on any atom is -0.490 e. The normalized spacial score (nSPS) is 24.3. The van der Waals surface area contributed by atoms with E-state index in [1.165, 1.54) is 0 Å². The summed E-state index contributed by atoms with van der Waals surface area (Å²) in [5.41, 5.74) is 1.80. The first kappa shape index (κ1) is 27.5. The number of rotatable bonds is 10. The lowest BCUT2D eigenvalue weighted by Crippen LogP contribution is -2.21. The van der Waals surface area contributed by atoms with E-state index in [4.69, 9.17) is 9.47 Å². The van der Waals surface area contributed by atoms with Crippen molar-refractivity contribution in [3.05, 3.63) is 83.2 Å². The number of ether oxygens (including phenoxy) is 2. The van der Waals surface area contributed by atoms with E-state index in [1.54, 1.807) is 36.4 Å². The third-order valence-electron chi connectivity index (χ3n) is 7.99. The Kier molecular flexibility index (Phi) is 9.90. The third kappa shape index (κ3) is 7.07. The molecule has 0 bridgehead atoms. The largest absolute Gasteiger partial charge is 0.490 e. The Morgan fingerprint density at radius 2 is 1.62 bits per heavy atom. The molecule has 0 spiro atoms. The second-order valence-electron chi connectivity index (χ2n) is 10.4. The van der Waals surface area contributed by atoms with Crippen LogP contribution in [-0.2, 0) is 4.74 Å². The van der Waals surface area contributed by atoms with E-state index < -0.39 is 11.6 Å². The zero-order valence-corrected chi connectivity index (χ0v) is 21.9. The highest BCUT2D eigenvalue weighted by molar-refractivity contribution is 5.52. The minimum atomic E-state index is -0.750. The van der Waals surface area contributed by atoms with Crippen LogP contribution < -0.4 is 4.74 Å². The fourth-order valence-electron chi connectivity index (χ4n) is 5.82. The van der Waals surface area contributed by atoms with Crippen LogP contribution in [0.15, 0.2) is 49.1 Å². The van der Waals surface area contributed by atoms with Crippen LogP contribution in [0.2, 0.25) is 0 Å². The Morgan fingerprint density at radius 1 is 0.892 bits per heavy atom. The minimum absolute atomic E-state index is 0.0529. The second kappa shape index (κ2) is 13.3. The average molecular weight is 513 g/mol. The van der Waals surface area contributed by atoms with Gasteiger partial charge in [0.05, 0.1) is 12.7 Å². The number of allylic oxidation sites excluding steroid dienone is 1. The molecule has 0 saturated heterocycles. The van der Waals surface area contributed by atoms with Gasteiger partial charge in [0.25, 0.3) is 0 Å². The van der Waals surface area contributed by atoms with E-state index in [0.29, 0.717) is 42.6 Å². The highest BCUT2D eigenvalue weighted by atomic mass is 19.2. The first-order chi connectivity index (χ1) is 18.0. The average Bonchev–Trinajstić information content (AvgIpc) is 2.92. The molecule has 37 heavy (non-hydrogen) atoms. The predicted molar refractivity (Wildman–Crippen MR) is 143 cm³/mol. The summed E-state index contributed by atoms with van der Waals surface area (Å²) in [6.45, 7) is 6.74. The smallest absolute Gasteiger partial charge is 0.166 e. The SMILES string of the molecule is C=CCCOc1ccc(C2CCC(/C=C/c3ccc(C4CCC(OCC)CC4)c(F)c3F)CC2)cc1F. The fourth-order valence-corrected chi connectivity index (χ4v) is 5.82. The maximum Gasteiger partial charge on any atom is 0.166 e. The Balaban J connectivity index is 1.31. The summed E-state index contributed by atoms with van der Waals surface area (Å²) in [6, 6.07) is 8.74. The molecule has 0 radical (unpaired) electrons. The number of benzene rings is 2. The zero-order chi connectivity index (χ0) is 26.2. The van der Waals surface area contributed by atoms with Crippen LogP contribution in [0.25, 0.3) is 6.08 Å². The molecule has 0 aliphatic heterocycles. The standard InChI is InChI=1S/C32H39F3O2/c1-3-5-20-37-30-19-15-26(21-29(30)33)23-9-6-22(7-10-23)8-11-25-14-18-28(32(35)31(25)34)24-12-16-27(17-13-24)36-4-2/h3,8,11,14-15,18-19,21-24,27H,1,4-7,9-10,12-13,16-17,20H2,2H3/b11-8+. The van der Waals surface area contributed by atoms with Crippen molar-refractivity contribution in [1.82, 2.24) is 0 Å². The van der Waals surface area contributed by atoms with Gasteiger partial charge in [-0.3, -0.25) is 0 Å². The van der Waals surface area contributed by atoms with Crippen molar-refractivity contribution in [2.75, 3.05) is 13.2 Å². The van der Waals surface area contributed by atoms with E-state index in [0.717, 1.165) is 56.9 Å². The van der Waals surface area contributed by atoms with Gasteiger partial charge in [-0.15, -0.1) is 6.58 Å². The van der Waals surface area contributed by atoms with Crippen LogP contribution in [-0.4, -0.2) is 19.3 Å². The number of hydrogen-bond acceptors (Lipinski definition) is 2. The first-order valence-electron chi connectivity index (χ1n) is 13.8. The van der Waals surface area contributed by atoms with E-state index in [1.807, 2.05) is 19.1 Å². The summed E-state index contributed by atoms with van der Waals surface area (Å²) in [5.74, 6) is -0.846. The van der Waals surface area contributed by atoms with Crippen LogP contribution in [0.3, 0.4) is 0 Å². The molecule has 2 fully saturated rings. The molecule has 0 amide bonds. The first-order valence-corrected chi connectivity index (χ1v) is 13.8. The number of hydrogen-bond donors (Lipinski definition) is 0. The van der Waals surface area contributed by atoms with Gasteiger partial charge in [0, 0.05) is 12.2 Å². The number of halogens is 3. The van der Waals surface area contributed by atoms with E-state index >= 15 is 0 Å². The Hall–Kier alpha value is -2.53. The van der Waals surface area contributed by atoms with E-state index in [2.05, 4.69) is 6.58 Å². The molecule has 0 N–H and O–H groups in total. The molecule has 2 aromatic carbocycles. The van der Waals surface area contributed by atoms with Gasteiger partial charge in [-0.2, -0.15) is 0 Å². The molecule has 4 rings (SSSR count). The van der Waals surface area contributed by atoms with Crippen molar-refractivity contribution in [3.63, 3.8) is 0 Å². The van der Waals surface area contributed by atoms with Gasteiger partial charge in [0.15, 0.2) is 23.2 Å². The van der Waals surface area contributed by atoms with Crippen molar-refractivity contribution in [2.45, 2.75) is 82.7 Å². The van der Waals surface area contributed by atoms with E-state index in [-0.39, 0.29) is 23.6 Å². The Bertz CT molecular complexity index is 1060. The summed E-state index contributed by atoms with van der Waals surface area (Å²) in [6.07, 6.45) is 13.6. The highest BCUT2D eigenvalue weighted by Gasteiger charge is 2.27.